The van der Waals surface area contributed by atoms with Crippen LogP contribution in [0.3, 0.4) is 0 Å². The molecule has 0 aromatic heterocycles. The second-order valence-corrected chi connectivity index (χ2v) is 3.15. The first-order chi connectivity index (χ1) is 8.25. The van der Waals surface area contributed by atoms with E-state index in [1.165, 1.54) is 0 Å². The van der Waals surface area contributed by atoms with Crippen molar-refractivity contribution in [3.63, 3.8) is 0 Å². The first kappa shape index (κ1) is 14.0. The molecule has 0 bridgehead atoms. The summed E-state index contributed by atoms with van der Waals surface area (Å²) in [6.07, 6.45) is -4.70. The molecule has 0 aliphatic heterocycles. The third-order valence-electron chi connectivity index (χ3n) is 1.89. The number of carbonyl (C=O) groups excluding carboxylic acids is 1. The van der Waals surface area contributed by atoms with Crippen LogP contribution in [0.25, 0.3) is 0 Å². The molecule has 0 saturated carbocycles. The molecule has 0 saturated heterocycles. The number of carboxylic acid groups (broad SMARTS) is 1. The molecule has 0 radical (unpaired) electrons. The third kappa shape index (κ3) is 3.20. The quantitative estimate of drug-likeness (QED) is 0.635. The molecule has 0 amide bonds. The van der Waals surface area contributed by atoms with Crippen molar-refractivity contribution in [2.24, 2.45) is 0 Å². The van der Waals surface area contributed by atoms with Crippen molar-refractivity contribution in [1.82, 2.24) is 0 Å². The fraction of sp³-hybridized carbons (Fsp3) is 0.200. The molecule has 98 valence electrons. The Morgan fingerprint density at radius 3 is 2.33 bits per heavy atom. The van der Waals surface area contributed by atoms with Crippen LogP contribution in [0.1, 0.15) is 15.9 Å². The molecule has 5 nitrogen and oxygen atoms in total. The van der Waals surface area contributed by atoms with Crippen LogP contribution in [-0.4, -0.2) is 28.8 Å². The molecule has 18 heavy (non-hydrogen) atoms. The van der Waals surface area contributed by atoms with E-state index >= 15 is 0 Å². The Morgan fingerprint density at radius 1 is 1.28 bits per heavy atom. The molecule has 0 unspecified atom stereocenters. The third-order valence-corrected chi connectivity index (χ3v) is 1.89. The van der Waals surface area contributed by atoms with Crippen LogP contribution in [-0.2, 0) is 11.0 Å². The zero-order valence-electron chi connectivity index (χ0n) is 8.69. The normalized spacial score (nSPS) is 11.1. The number of ether oxygens (including phenoxy) is 1. The van der Waals surface area contributed by atoms with Crippen molar-refractivity contribution in [3.8, 4) is 5.75 Å². The minimum atomic E-state index is -4.70. The molecule has 0 spiro atoms. The zero-order chi connectivity index (χ0) is 13.9. The number of halogens is 3. The highest BCUT2D eigenvalue weighted by Crippen LogP contribution is 2.33. The molecule has 1 aromatic rings. The van der Waals surface area contributed by atoms with E-state index in [-0.39, 0.29) is 0 Å². The molecular formula is C10H7F3O5. The molecule has 1 aromatic carbocycles. The number of benzene rings is 1. The van der Waals surface area contributed by atoms with Crippen molar-refractivity contribution >= 4 is 11.9 Å². The van der Waals surface area contributed by atoms with Crippen LogP contribution in [0, 0.1) is 0 Å². The number of hydrogen-bond acceptors (Lipinski definition) is 4. The van der Waals surface area contributed by atoms with Gasteiger partial charge in [-0.25, -0.2) is 9.59 Å². The number of aliphatic hydroxyl groups is 1. The van der Waals surface area contributed by atoms with Gasteiger partial charge < -0.3 is 14.9 Å². The van der Waals surface area contributed by atoms with Crippen LogP contribution >= 0.6 is 0 Å². The topological polar surface area (TPSA) is 83.8 Å². The Morgan fingerprint density at radius 2 is 1.89 bits per heavy atom. The summed E-state index contributed by atoms with van der Waals surface area (Å²) in [6, 6.07) is 1.61. The van der Waals surface area contributed by atoms with E-state index in [9.17, 15) is 22.8 Å². The van der Waals surface area contributed by atoms with Gasteiger partial charge in [-0.2, -0.15) is 13.2 Å². The number of alkyl halides is 3. The summed E-state index contributed by atoms with van der Waals surface area (Å²) in [5.74, 6) is -3.57. The highest BCUT2D eigenvalue weighted by Gasteiger charge is 2.32. The summed E-state index contributed by atoms with van der Waals surface area (Å²) in [4.78, 5) is 21.5. The largest absolute Gasteiger partial charge is 0.478 e. The van der Waals surface area contributed by atoms with Gasteiger partial charge in [0.05, 0.1) is 5.56 Å². The zero-order valence-corrected chi connectivity index (χ0v) is 8.69. The fourth-order valence-corrected chi connectivity index (χ4v) is 1.11. The molecule has 8 heteroatoms. The average Bonchev–Trinajstić information content (AvgIpc) is 2.27. The minimum Gasteiger partial charge on any atom is -0.478 e. The standard InChI is InChI=1S/C10H7F3O5/c11-10(12,13)5-1-2-6(9(16)17)7(3-5)18-8(15)4-14/h1-3,14H,4H2,(H,16,17). The first-order valence-corrected chi connectivity index (χ1v) is 4.51. The van der Waals surface area contributed by atoms with Crippen LogP contribution < -0.4 is 4.74 Å². The average molecular weight is 264 g/mol. The SMILES string of the molecule is O=C(CO)Oc1cc(C(F)(F)F)ccc1C(=O)O. The lowest BCUT2D eigenvalue weighted by molar-refractivity contribution is -0.140. The van der Waals surface area contributed by atoms with Crippen molar-refractivity contribution in [2.45, 2.75) is 6.18 Å². The van der Waals surface area contributed by atoms with E-state index in [0.29, 0.717) is 18.2 Å². The van der Waals surface area contributed by atoms with Crippen molar-refractivity contribution in [2.75, 3.05) is 6.61 Å². The summed E-state index contributed by atoms with van der Waals surface area (Å²) < 4.78 is 41.5. The summed E-state index contributed by atoms with van der Waals surface area (Å²) >= 11 is 0. The van der Waals surface area contributed by atoms with E-state index in [1.54, 1.807) is 0 Å². The van der Waals surface area contributed by atoms with Gasteiger partial charge >= 0.3 is 18.1 Å². The molecule has 0 aliphatic rings. The smallest absolute Gasteiger partial charge is 0.416 e. The predicted octanol–water partition coefficient (Wildman–Crippen LogP) is 1.30. The molecule has 0 fully saturated rings. The van der Waals surface area contributed by atoms with E-state index < -0.39 is 41.6 Å². The lowest BCUT2D eigenvalue weighted by Gasteiger charge is -2.11. The van der Waals surface area contributed by atoms with E-state index in [4.69, 9.17) is 10.2 Å². The Hall–Kier alpha value is -2.09. The van der Waals surface area contributed by atoms with Gasteiger partial charge in [0.1, 0.15) is 17.9 Å². The maximum atomic E-state index is 12.4. The van der Waals surface area contributed by atoms with Gasteiger partial charge in [0.2, 0.25) is 0 Å². The van der Waals surface area contributed by atoms with Gasteiger partial charge in [0, 0.05) is 0 Å². The molecule has 1 rings (SSSR count). The summed E-state index contributed by atoms with van der Waals surface area (Å²) in [5, 5.41) is 17.1. The van der Waals surface area contributed by atoms with E-state index in [0.717, 1.165) is 0 Å². The van der Waals surface area contributed by atoms with E-state index in [2.05, 4.69) is 4.74 Å². The molecule has 0 heterocycles. The highest BCUT2D eigenvalue weighted by atomic mass is 19.4. The number of carboxylic acids is 1. The number of aliphatic hydroxyl groups excluding tert-OH is 1. The van der Waals surface area contributed by atoms with Gasteiger partial charge in [-0.1, -0.05) is 0 Å². The number of hydrogen-bond donors (Lipinski definition) is 2. The van der Waals surface area contributed by atoms with Crippen molar-refractivity contribution in [1.29, 1.82) is 0 Å². The lowest BCUT2D eigenvalue weighted by atomic mass is 10.1. The molecule has 2 N–H and O–H groups in total. The fourth-order valence-electron chi connectivity index (χ4n) is 1.11. The molecular weight excluding hydrogens is 257 g/mol. The number of carbonyl (C=O) groups is 2. The van der Waals surface area contributed by atoms with Gasteiger partial charge in [-0.3, -0.25) is 0 Å². The predicted molar refractivity (Wildman–Crippen MR) is 51.1 cm³/mol. The Labute approximate surface area is 98.4 Å². The Balaban J connectivity index is 3.24. The van der Waals surface area contributed by atoms with Gasteiger partial charge in [0.15, 0.2) is 0 Å². The van der Waals surface area contributed by atoms with E-state index in [1.807, 2.05) is 0 Å². The second kappa shape index (κ2) is 5.05. The summed E-state index contributed by atoms with van der Waals surface area (Å²) in [6.45, 7) is -1.07. The molecule has 0 atom stereocenters. The number of esters is 1. The van der Waals surface area contributed by atoms with Crippen molar-refractivity contribution in [3.05, 3.63) is 29.3 Å². The second-order valence-electron chi connectivity index (χ2n) is 3.15. The Bertz CT molecular complexity index is 481. The van der Waals surface area contributed by atoms with Crippen LogP contribution in [0.2, 0.25) is 0 Å². The van der Waals surface area contributed by atoms with Crippen LogP contribution in [0.15, 0.2) is 18.2 Å². The van der Waals surface area contributed by atoms with Crippen LogP contribution in [0.4, 0.5) is 13.2 Å². The van der Waals surface area contributed by atoms with Crippen LogP contribution in [0.5, 0.6) is 5.75 Å². The van der Waals surface area contributed by atoms with Gasteiger partial charge in [-0.05, 0) is 18.2 Å². The van der Waals surface area contributed by atoms with Gasteiger partial charge in [-0.15, -0.1) is 0 Å². The summed E-state index contributed by atoms with van der Waals surface area (Å²) in [7, 11) is 0. The lowest BCUT2D eigenvalue weighted by Crippen LogP contribution is -2.16. The maximum absolute atomic E-state index is 12.4. The maximum Gasteiger partial charge on any atom is 0.416 e. The monoisotopic (exact) mass is 264 g/mol. The Kier molecular flexibility index (Phi) is 3.92. The number of aromatic carboxylic acids is 1. The first-order valence-electron chi connectivity index (χ1n) is 4.51. The molecule has 0 aliphatic carbocycles. The summed E-state index contributed by atoms with van der Waals surface area (Å²) in [5.41, 5.74) is -1.77. The van der Waals surface area contributed by atoms with Gasteiger partial charge in [0.25, 0.3) is 0 Å². The van der Waals surface area contributed by atoms with Crippen molar-refractivity contribution < 1.29 is 37.7 Å². The highest BCUT2D eigenvalue weighted by molar-refractivity contribution is 5.92. The minimum absolute atomic E-state index is 0.386. The number of rotatable bonds is 3.